The van der Waals surface area contributed by atoms with Crippen molar-refractivity contribution in [3.05, 3.63) is 0 Å². The van der Waals surface area contributed by atoms with E-state index in [0.717, 1.165) is 45.2 Å². The molecule has 2 amide bonds. The summed E-state index contributed by atoms with van der Waals surface area (Å²) in [4.78, 5) is 25.2. The molecule has 0 aromatic heterocycles. The summed E-state index contributed by atoms with van der Waals surface area (Å²) in [6.45, 7) is 6.04. The molecule has 2 N–H and O–H groups in total. The standard InChI is InChI=1S/C16H28N2O3/c1-3-15(4-2)8-10-18(11-9-15)14(21)17-16(6-5-7-16)12-13(19)20/h3-12H2,1-2H3,(H,17,21)(H,19,20). The first-order chi connectivity index (χ1) is 9.94. The molecule has 1 aliphatic carbocycles. The Balaban J connectivity index is 1.89. The molecular formula is C16H28N2O3. The Labute approximate surface area is 127 Å². The van der Waals surface area contributed by atoms with Crippen LogP contribution in [0.1, 0.15) is 65.2 Å². The summed E-state index contributed by atoms with van der Waals surface area (Å²) < 4.78 is 0. The van der Waals surface area contributed by atoms with E-state index in [1.165, 1.54) is 12.8 Å². The number of carbonyl (C=O) groups excluding carboxylic acids is 1. The van der Waals surface area contributed by atoms with E-state index < -0.39 is 11.5 Å². The highest BCUT2D eigenvalue weighted by Gasteiger charge is 2.42. The molecule has 0 aromatic rings. The number of hydrogen-bond donors (Lipinski definition) is 2. The maximum atomic E-state index is 12.4. The first-order valence-electron chi connectivity index (χ1n) is 8.23. The predicted molar refractivity (Wildman–Crippen MR) is 81.2 cm³/mol. The third kappa shape index (κ3) is 3.50. The SMILES string of the molecule is CCC1(CC)CCN(C(=O)NC2(CC(=O)O)CCC2)CC1. The lowest BCUT2D eigenvalue weighted by molar-refractivity contribution is -0.139. The van der Waals surface area contributed by atoms with Gasteiger partial charge in [-0.15, -0.1) is 0 Å². The zero-order chi connectivity index (χ0) is 15.5. The van der Waals surface area contributed by atoms with E-state index >= 15 is 0 Å². The number of urea groups is 1. The van der Waals surface area contributed by atoms with Crippen molar-refractivity contribution in [2.45, 2.75) is 70.8 Å². The Bertz CT molecular complexity index is 390. The molecule has 1 saturated heterocycles. The second-order valence-electron chi connectivity index (χ2n) is 6.83. The van der Waals surface area contributed by atoms with Crippen LogP contribution in [0, 0.1) is 5.41 Å². The fourth-order valence-corrected chi connectivity index (χ4v) is 3.69. The molecule has 2 aliphatic rings. The quantitative estimate of drug-likeness (QED) is 0.819. The first kappa shape index (κ1) is 16.1. The lowest BCUT2D eigenvalue weighted by atomic mass is 9.73. The fourth-order valence-electron chi connectivity index (χ4n) is 3.69. The van der Waals surface area contributed by atoms with Gasteiger partial charge in [0.15, 0.2) is 0 Å². The van der Waals surface area contributed by atoms with Crippen molar-refractivity contribution in [1.29, 1.82) is 0 Å². The van der Waals surface area contributed by atoms with Crippen LogP contribution in [-0.2, 0) is 4.79 Å². The number of rotatable bonds is 5. The second-order valence-corrected chi connectivity index (χ2v) is 6.83. The van der Waals surface area contributed by atoms with Crippen molar-refractivity contribution in [2.75, 3.05) is 13.1 Å². The van der Waals surface area contributed by atoms with Crippen LogP contribution in [0.25, 0.3) is 0 Å². The predicted octanol–water partition coefficient (Wildman–Crippen LogP) is 3.00. The van der Waals surface area contributed by atoms with Crippen molar-refractivity contribution in [3.8, 4) is 0 Å². The van der Waals surface area contributed by atoms with Crippen LogP contribution < -0.4 is 5.32 Å². The van der Waals surface area contributed by atoms with Crippen molar-refractivity contribution in [2.24, 2.45) is 5.41 Å². The number of nitrogens with zero attached hydrogens (tertiary/aromatic N) is 1. The molecule has 2 rings (SSSR count). The number of amides is 2. The summed E-state index contributed by atoms with van der Waals surface area (Å²) in [5.74, 6) is -0.829. The molecule has 0 bridgehead atoms. The van der Waals surface area contributed by atoms with Crippen molar-refractivity contribution < 1.29 is 14.7 Å². The van der Waals surface area contributed by atoms with Crippen LogP contribution in [0.15, 0.2) is 0 Å². The zero-order valence-electron chi connectivity index (χ0n) is 13.3. The maximum Gasteiger partial charge on any atom is 0.317 e. The largest absolute Gasteiger partial charge is 0.481 e. The average molecular weight is 296 g/mol. The van der Waals surface area contributed by atoms with E-state index in [1.54, 1.807) is 0 Å². The Kier molecular flexibility index (Phi) is 4.79. The number of piperidine rings is 1. The molecule has 120 valence electrons. The Morgan fingerprint density at radius 1 is 1.10 bits per heavy atom. The molecule has 0 atom stereocenters. The van der Waals surface area contributed by atoms with E-state index in [0.29, 0.717) is 5.41 Å². The zero-order valence-corrected chi connectivity index (χ0v) is 13.3. The lowest BCUT2D eigenvalue weighted by Gasteiger charge is -2.45. The highest BCUT2D eigenvalue weighted by Crippen LogP contribution is 2.39. The second kappa shape index (κ2) is 6.24. The minimum absolute atomic E-state index is 0.0421. The average Bonchev–Trinajstić information content (AvgIpc) is 2.44. The number of likely N-dealkylation sites (tertiary alicyclic amines) is 1. The Morgan fingerprint density at radius 2 is 1.67 bits per heavy atom. The van der Waals surface area contributed by atoms with Gasteiger partial charge in [-0.2, -0.15) is 0 Å². The monoisotopic (exact) mass is 296 g/mol. The molecule has 0 spiro atoms. The topological polar surface area (TPSA) is 69.6 Å². The van der Waals surface area contributed by atoms with E-state index in [4.69, 9.17) is 5.11 Å². The maximum absolute atomic E-state index is 12.4. The van der Waals surface area contributed by atoms with Crippen LogP contribution in [0.2, 0.25) is 0 Å². The number of carboxylic acid groups (broad SMARTS) is 1. The molecule has 5 heteroatoms. The van der Waals surface area contributed by atoms with Gasteiger partial charge >= 0.3 is 12.0 Å². The molecule has 2 fully saturated rings. The summed E-state index contributed by atoms with van der Waals surface area (Å²) >= 11 is 0. The fraction of sp³-hybridized carbons (Fsp3) is 0.875. The molecule has 21 heavy (non-hydrogen) atoms. The molecular weight excluding hydrogens is 268 g/mol. The van der Waals surface area contributed by atoms with E-state index in [-0.39, 0.29) is 12.5 Å². The molecule has 1 heterocycles. The molecule has 0 aromatic carbocycles. The van der Waals surface area contributed by atoms with Gasteiger partial charge in [0.2, 0.25) is 0 Å². The van der Waals surface area contributed by atoms with Gasteiger partial charge in [-0.25, -0.2) is 4.79 Å². The van der Waals surface area contributed by atoms with Crippen LogP contribution >= 0.6 is 0 Å². The van der Waals surface area contributed by atoms with E-state index in [1.807, 2.05) is 4.90 Å². The highest BCUT2D eigenvalue weighted by atomic mass is 16.4. The molecule has 0 radical (unpaired) electrons. The van der Waals surface area contributed by atoms with E-state index in [2.05, 4.69) is 19.2 Å². The summed E-state index contributed by atoms with van der Waals surface area (Å²) in [7, 11) is 0. The van der Waals surface area contributed by atoms with Gasteiger partial charge in [-0.1, -0.05) is 26.7 Å². The van der Waals surface area contributed by atoms with Crippen molar-refractivity contribution in [3.63, 3.8) is 0 Å². The van der Waals surface area contributed by atoms with Gasteiger partial charge in [0, 0.05) is 13.1 Å². The number of nitrogens with one attached hydrogen (secondary N) is 1. The number of carbonyl (C=O) groups is 2. The van der Waals surface area contributed by atoms with Gasteiger partial charge in [0.25, 0.3) is 0 Å². The Hall–Kier alpha value is -1.26. The van der Waals surface area contributed by atoms with Crippen molar-refractivity contribution in [1.82, 2.24) is 10.2 Å². The van der Waals surface area contributed by atoms with Crippen molar-refractivity contribution >= 4 is 12.0 Å². The number of hydrogen-bond acceptors (Lipinski definition) is 2. The highest BCUT2D eigenvalue weighted by molar-refractivity contribution is 5.77. The van der Waals surface area contributed by atoms with Gasteiger partial charge in [0.1, 0.15) is 0 Å². The number of aliphatic carboxylic acids is 1. The third-order valence-electron chi connectivity index (χ3n) is 5.78. The normalized spacial score (nSPS) is 23.2. The lowest BCUT2D eigenvalue weighted by Crippen LogP contribution is -2.59. The van der Waals surface area contributed by atoms with Crippen LogP contribution in [0.3, 0.4) is 0 Å². The molecule has 5 nitrogen and oxygen atoms in total. The Morgan fingerprint density at radius 3 is 2.05 bits per heavy atom. The summed E-state index contributed by atoms with van der Waals surface area (Å²) in [6.07, 6.45) is 7.06. The smallest absolute Gasteiger partial charge is 0.317 e. The minimum Gasteiger partial charge on any atom is -0.481 e. The third-order valence-corrected chi connectivity index (χ3v) is 5.78. The van der Waals surface area contributed by atoms with Gasteiger partial charge in [0.05, 0.1) is 12.0 Å². The van der Waals surface area contributed by atoms with E-state index in [9.17, 15) is 9.59 Å². The van der Waals surface area contributed by atoms with Gasteiger partial charge in [-0.3, -0.25) is 4.79 Å². The van der Waals surface area contributed by atoms with Crippen LogP contribution in [0.5, 0.6) is 0 Å². The van der Waals surface area contributed by atoms with Gasteiger partial charge in [-0.05, 0) is 37.5 Å². The van der Waals surface area contributed by atoms with Gasteiger partial charge < -0.3 is 15.3 Å². The summed E-state index contributed by atoms with van der Waals surface area (Å²) in [5.41, 5.74) is -0.0982. The van der Waals surface area contributed by atoms with Crippen LogP contribution in [-0.4, -0.2) is 40.6 Å². The number of carboxylic acids is 1. The molecule has 1 saturated carbocycles. The first-order valence-corrected chi connectivity index (χ1v) is 8.23. The molecule has 0 unspecified atom stereocenters. The summed E-state index contributed by atoms with van der Waals surface area (Å²) in [5, 5.41) is 12.0. The van der Waals surface area contributed by atoms with Crippen LogP contribution in [0.4, 0.5) is 4.79 Å². The minimum atomic E-state index is -0.829. The summed E-state index contributed by atoms with van der Waals surface area (Å²) in [6, 6.07) is -0.0724. The molecule has 1 aliphatic heterocycles.